The van der Waals surface area contributed by atoms with Crippen LogP contribution in [0.4, 0.5) is 5.69 Å². The molecule has 3 rings (SSSR count). The second kappa shape index (κ2) is 6.22. The highest BCUT2D eigenvalue weighted by Gasteiger charge is 2.12. The van der Waals surface area contributed by atoms with Crippen LogP contribution in [0.15, 0.2) is 61.1 Å². The third-order valence-corrected chi connectivity index (χ3v) is 3.52. The van der Waals surface area contributed by atoms with E-state index in [9.17, 15) is 4.79 Å². The van der Waals surface area contributed by atoms with Crippen molar-refractivity contribution in [3.05, 3.63) is 76.8 Å². The van der Waals surface area contributed by atoms with Crippen LogP contribution in [0.2, 0.25) is 10.0 Å². The summed E-state index contributed by atoms with van der Waals surface area (Å²) in [6.07, 6.45) is 5.24. The van der Waals surface area contributed by atoms with Crippen molar-refractivity contribution in [1.82, 2.24) is 9.55 Å². The molecule has 0 unspecified atom stereocenters. The van der Waals surface area contributed by atoms with Gasteiger partial charge in [-0.3, -0.25) is 9.78 Å². The van der Waals surface area contributed by atoms with Gasteiger partial charge in [-0.2, -0.15) is 0 Å². The Morgan fingerprint density at radius 1 is 1.05 bits per heavy atom. The molecule has 0 saturated carbocycles. The maximum atomic E-state index is 12.3. The minimum atomic E-state index is -0.335. The normalized spacial score (nSPS) is 10.5. The first kappa shape index (κ1) is 14.6. The number of hydrogen-bond donors (Lipinski definition) is 1. The van der Waals surface area contributed by atoms with Crippen LogP contribution in [0, 0.1) is 0 Å². The van der Waals surface area contributed by atoms with Crippen molar-refractivity contribution in [1.29, 1.82) is 0 Å². The predicted molar refractivity (Wildman–Crippen MR) is 88.0 cm³/mol. The van der Waals surface area contributed by atoms with Crippen molar-refractivity contribution < 1.29 is 4.79 Å². The predicted octanol–water partition coefficient (Wildman–Crippen LogP) is 4.43. The van der Waals surface area contributed by atoms with E-state index in [2.05, 4.69) is 10.3 Å². The number of halogens is 2. The summed E-state index contributed by atoms with van der Waals surface area (Å²) in [5, 5.41) is 3.88. The molecular weight excluding hydrogens is 321 g/mol. The molecule has 110 valence electrons. The molecule has 6 heteroatoms. The Bertz CT molecular complexity index is 816. The summed E-state index contributed by atoms with van der Waals surface area (Å²) in [4.78, 5) is 16.3. The number of carbonyl (C=O) groups excluding carboxylic acids is 1. The molecular formula is C16H11Cl2N3O. The fraction of sp³-hybridized carbons (Fsp3) is 0. The van der Waals surface area contributed by atoms with E-state index in [1.54, 1.807) is 24.3 Å². The molecule has 0 fully saturated rings. The fourth-order valence-electron chi connectivity index (χ4n) is 2.03. The zero-order chi connectivity index (χ0) is 15.5. The molecule has 2 heterocycles. The molecule has 0 spiro atoms. The molecule has 0 saturated heterocycles. The first-order valence-electron chi connectivity index (χ1n) is 6.49. The molecule has 0 aliphatic carbocycles. The summed E-state index contributed by atoms with van der Waals surface area (Å²) in [6.45, 7) is 0. The lowest BCUT2D eigenvalue weighted by Gasteiger charge is -2.12. The lowest BCUT2D eigenvalue weighted by atomic mass is 10.2. The van der Waals surface area contributed by atoms with E-state index in [0.29, 0.717) is 15.7 Å². The van der Waals surface area contributed by atoms with Gasteiger partial charge in [0, 0.05) is 28.6 Å². The largest absolute Gasteiger partial charge is 0.322 e. The summed E-state index contributed by atoms with van der Waals surface area (Å²) in [7, 11) is 0. The number of benzene rings is 1. The zero-order valence-corrected chi connectivity index (χ0v) is 12.8. The standard InChI is InChI=1S/C16H11Cl2N3O/c17-11-3-4-13(15(10-11)21-7-1-2-8-21)20-16(22)14-9-12(18)5-6-19-14/h1-10H,(H,20,22). The number of rotatable bonds is 3. The molecule has 0 atom stereocenters. The quantitative estimate of drug-likeness (QED) is 0.771. The van der Waals surface area contributed by atoms with Gasteiger partial charge in [0.15, 0.2) is 0 Å². The number of aromatic nitrogens is 2. The summed E-state index contributed by atoms with van der Waals surface area (Å²) < 4.78 is 1.87. The Morgan fingerprint density at radius 2 is 1.77 bits per heavy atom. The molecule has 0 aliphatic heterocycles. The number of nitrogens with zero attached hydrogens (tertiary/aromatic N) is 2. The summed E-state index contributed by atoms with van der Waals surface area (Å²) in [6, 6.07) is 12.2. The van der Waals surface area contributed by atoms with Crippen LogP contribution in [0.3, 0.4) is 0 Å². The van der Waals surface area contributed by atoms with Gasteiger partial charge >= 0.3 is 0 Å². The lowest BCUT2D eigenvalue weighted by Crippen LogP contribution is -2.15. The molecule has 22 heavy (non-hydrogen) atoms. The molecule has 3 aromatic rings. The maximum absolute atomic E-state index is 12.3. The highest BCUT2D eigenvalue weighted by Crippen LogP contribution is 2.25. The number of nitrogens with one attached hydrogen (secondary N) is 1. The smallest absolute Gasteiger partial charge is 0.274 e. The van der Waals surface area contributed by atoms with Crippen molar-refractivity contribution >= 4 is 34.8 Å². The molecule has 0 bridgehead atoms. The van der Waals surface area contributed by atoms with E-state index in [4.69, 9.17) is 23.2 Å². The fourth-order valence-corrected chi connectivity index (χ4v) is 2.36. The maximum Gasteiger partial charge on any atom is 0.274 e. The first-order chi connectivity index (χ1) is 10.6. The molecule has 4 nitrogen and oxygen atoms in total. The van der Waals surface area contributed by atoms with E-state index in [1.807, 2.05) is 29.1 Å². The second-order valence-electron chi connectivity index (χ2n) is 4.57. The molecule has 1 aromatic carbocycles. The van der Waals surface area contributed by atoms with Gasteiger partial charge in [-0.25, -0.2) is 0 Å². The second-order valence-corrected chi connectivity index (χ2v) is 5.44. The number of pyridine rings is 1. The third-order valence-electron chi connectivity index (χ3n) is 3.05. The Morgan fingerprint density at radius 3 is 2.50 bits per heavy atom. The number of amides is 1. The summed E-state index contributed by atoms with van der Waals surface area (Å²) in [5.74, 6) is -0.335. The number of hydrogen-bond acceptors (Lipinski definition) is 2. The Balaban J connectivity index is 1.94. The van der Waals surface area contributed by atoms with Gasteiger partial charge in [-0.15, -0.1) is 0 Å². The van der Waals surface area contributed by atoms with E-state index in [1.165, 1.54) is 12.3 Å². The molecule has 0 radical (unpaired) electrons. The van der Waals surface area contributed by atoms with Crippen molar-refractivity contribution in [3.8, 4) is 5.69 Å². The topological polar surface area (TPSA) is 46.9 Å². The van der Waals surface area contributed by atoms with E-state index in [-0.39, 0.29) is 11.6 Å². The highest BCUT2D eigenvalue weighted by molar-refractivity contribution is 6.31. The number of carbonyl (C=O) groups is 1. The van der Waals surface area contributed by atoms with Gasteiger partial charge in [0.05, 0.1) is 11.4 Å². The van der Waals surface area contributed by atoms with Crippen LogP contribution < -0.4 is 5.32 Å². The van der Waals surface area contributed by atoms with Gasteiger partial charge < -0.3 is 9.88 Å². The average Bonchev–Trinajstić information content (AvgIpc) is 3.03. The first-order valence-corrected chi connectivity index (χ1v) is 7.25. The van der Waals surface area contributed by atoms with Crippen LogP contribution in [0.5, 0.6) is 0 Å². The van der Waals surface area contributed by atoms with E-state index in [0.717, 1.165) is 5.69 Å². The van der Waals surface area contributed by atoms with Gasteiger partial charge in [0.25, 0.3) is 5.91 Å². The van der Waals surface area contributed by atoms with Gasteiger partial charge in [-0.1, -0.05) is 23.2 Å². The highest BCUT2D eigenvalue weighted by atomic mass is 35.5. The monoisotopic (exact) mass is 331 g/mol. The molecule has 1 N–H and O–H groups in total. The van der Waals surface area contributed by atoms with E-state index < -0.39 is 0 Å². The van der Waals surface area contributed by atoms with Crippen LogP contribution in [-0.2, 0) is 0 Å². The van der Waals surface area contributed by atoms with E-state index >= 15 is 0 Å². The Hall–Kier alpha value is -2.30. The minimum Gasteiger partial charge on any atom is -0.322 e. The van der Waals surface area contributed by atoms with Crippen LogP contribution in [0.25, 0.3) is 5.69 Å². The third kappa shape index (κ3) is 3.13. The molecule has 2 aromatic heterocycles. The Labute approximate surface area is 137 Å². The van der Waals surface area contributed by atoms with Gasteiger partial charge in [-0.05, 0) is 42.5 Å². The lowest BCUT2D eigenvalue weighted by molar-refractivity contribution is 0.102. The van der Waals surface area contributed by atoms with Crippen molar-refractivity contribution in [3.63, 3.8) is 0 Å². The average molecular weight is 332 g/mol. The van der Waals surface area contributed by atoms with Crippen molar-refractivity contribution in [2.24, 2.45) is 0 Å². The van der Waals surface area contributed by atoms with Gasteiger partial charge in [0.1, 0.15) is 5.69 Å². The Kier molecular flexibility index (Phi) is 4.13. The van der Waals surface area contributed by atoms with Crippen molar-refractivity contribution in [2.75, 3.05) is 5.32 Å². The van der Waals surface area contributed by atoms with Crippen LogP contribution >= 0.6 is 23.2 Å². The zero-order valence-electron chi connectivity index (χ0n) is 11.3. The minimum absolute atomic E-state index is 0.251. The van der Waals surface area contributed by atoms with Gasteiger partial charge in [0.2, 0.25) is 0 Å². The summed E-state index contributed by atoms with van der Waals surface area (Å²) >= 11 is 11.9. The summed E-state index contributed by atoms with van der Waals surface area (Å²) in [5.41, 5.74) is 1.65. The van der Waals surface area contributed by atoms with Crippen LogP contribution in [-0.4, -0.2) is 15.5 Å². The number of anilines is 1. The van der Waals surface area contributed by atoms with Crippen LogP contribution in [0.1, 0.15) is 10.5 Å². The molecule has 0 aliphatic rings. The SMILES string of the molecule is O=C(Nc1ccc(Cl)cc1-n1cccc1)c1cc(Cl)ccn1. The molecule has 1 amide bonds. The van der Waals surface area contributed by atoms with Crippen molar-refractivity contribution in [2.45, 2.75) is 0 Å².